The summed E-state index contributed by atoms with van der Waals surface area (Å²) in [7, 11) is -3.64. The van der Waals surface area contributed by atoms with Gasteiger partial charge in [0.05, 0.1) is 16.7 Å². The van der Waals surface area contributed by atoms with Crippen molar-refractivity contribution in [3.8, 4) is 6.07 Å². The molecule has 0 amide bonds. The molecule has 21 heavy (non-hydrogen) atoms. The number of piperazine rings is 1. The number of nitriles is 1. The lowest BCUT2D eigenvalue weighted by molar-refractivity contribution is 0.188. The molecule has 0 radical (unpaired) electrons. The molecular weight excluding hydrogens is 310 g/mol. The summed E-state index contributed by atoms with van der Waals surface area (Å²) in [5, 5.41) is 9.07. The molecule has 114 valence electrons. The first kappa shape index (κ1) is 16.2. The minimum Gasteiger partial charge on any atom is -0.301 e. The molecule has 0 bridgehead atoms. The quantitative estimate of drug-likeness (QED) is 0.847. The minimum absolute atomic E-state index is 0.0205. The maximum Gasteiger partial charge on any atom is 0.244 e. The van der Waals surface area contributed by atoms with Crippen LogP contribution < -0.4 is 0 Å². The molecule has 1 aromatic carbocycles. The van der Waals surface area contributed by atoms with Crippen LogP contribution in [0.25, 0.3) is 0 Å². The Bertz CT molecular complexity index is 647. The molecular formula is C14H18ClN3O2S. The van der Waals surface area contributed by atoms with Gasteiger partial charge in [0.2, 0.25) is 10.0 Å². The first-order valence-corrected chi connectivity index (χ1v) is 8.73. The third-order valence-electron chi connectivity index (χ3n) is 3.55. The fourth-order valence-electron chi connectivity index (χ4n) is 2.42. The van der Waals surface area contributed by atoms with E-state index in [0.29, 0.717) is 18.7 Å². The van der Waals surface area contributed by atoms with Crippen LogP contribution in [-0.4, -0.2) is 50.3 Å². The van der Waals surface area contributed by atoms with Crippen molar-refractivity contribution in [1.29, 1.82) is 5.26 Å². The molecule has 0 unspecified atom stereocenters. The fourth-order valence-corrected chi connectivity index (χ4v) is 4.34. The average molecular weight is 328 g/mol. The predicted molar refractivity (Wildman–Crippen MR) is 81.7 cm³/mol. The van der Waals surface area contributed by atoms with E-state index >= 15 is 0 Å². The second-order valence-corrected chi connectivity index (χ2v) is 7.32. The van der Waals surface area contributed by atoms with Crippen molar-refractivity contribution in [1.82, 2.24) is 9.21 Å². The largest absolute Gasteiger partial charge is 0.301 e. The van der Waals surface area contributed by atoms with Gasteiger partial charge in [-0.05, 0) is 31.2 Å². The topological polar surface area (TPSA) is 64.4 Å². The van der Waals surface area contributed by atoms with E-state index in [1.165, 1.54) is 22.5 Å². The number of rotatable bonds is 4. The monoisotopic (exact) mass is 327 g/mol. The van der Waals surface area contributed by atoms with Gasteiger partial charge in [0.15, 0.2) is 0 Å². The first-order valence-electron chi connectivity index (χ1n) is 6.91. The van der Waals surface area contributed by atoms with Crippen LogP contribution >= 0.6 is 11.6 Å². The highest BCUT2D eigenvalue weighted by Gasteiger charge is 2.30. The molecule has 0 N–H and O–H groups in total. The maximum absolute atomic E-state index is 12.7. The van der Waals surface area contributed by atoms with Gasteiger partial charge in [0.25, 0.3) is 0 Å². The zero-order valence-electron chi connectivity index (χ0n) is 11.9. The zero-order valence-corrected chi connectivity index (χ0v) is 13.5. The molecule has 2 rings (SSSR count). The number of halogens is 1. The van der Waals surface area contributed by atoms with Crippen molar-refractivity contribution in [2.24, 2.45) is 0 Å². The van der Waals surface area contributed by atoms with Crippen LogP contribution in [0.4, 0.5) is 0 Å². The molecule has 0 atom stereocenters. The van der Waals surface area contributed by atoms with Gasteiger partial charge in [0, 0.05) is 26.2 Å². The van der Waals surface area contributed by atoms with Crippen molar-refractivity contribution in [3.05, 3.63) is 28.8 Å². The normalized spacial score (nSPS) is 17.6. The summed E-state index contributed by atoms with van der Waals surface area (Å²) in [6, 6.07) is 6.26. The third kappa shape index (κ3) is 3.55. The number of benzene rings is 1. The van der Waals surface area contributed by atoms with E-state index < -0.39 is 10.0 Å². The Morgan fingerprint density at radius 2 is 1.95 bits per heavy atom. The molecule has 1 aromatic rings. The van der Waals surface area contributed by atoms with Crippen molar-refractivity contribution < 1.29 is 8.42 Å². The van der Waals surface area contributed by atoms with Gasteiger partial charge in [-0.1, -0.05) is 18.5 Å². The average Bonchev–Trinajstić information content (AvgIpc) is 2.48. The van der Waals surface area contributed by atoms with E-state index in [0.717, 1.165) is 26.1 Å². The molecule has 7 heteroatoms. The van der Waals surface area contributed by atoms with E-state index in [-0.39, 0.29) is 9.92 Å². The molecule has 1 fully saturated rings. The highest BCUT2D eigenvalue weighted by Crippen LogP contribution is 2.26. The highest BCUT2D eigenvalue weighted by atomic mass is 35.5. The maximum atomic E-state index is 12.7. The lowest BCUT2D eigenvalue weighted by Crippen LogP contribution is -2.48. The summed E-state index contributed by atoms with van der Waals surface area (Å²) < 4.78 is 26.8. The van der Waals surface area contributed by atoms with Crippen LogP contribution in [0.2, 0.25) is 5.02 Å². The van der Waals surface area contributed by atoms with Gasteiger partial charge in [-0.2, -0.15) is 9.57 Å². The number of nitrogens with zero attached hydrogens (tertiary/aromatic N) is 3. The molecule has 1 heterocycles. The molecule has 0 aliphatic carbocycles. The Hall–Kier alpha value is -1.13. The SMILES string of the molecule is CCCN1CCN(S(=O)(=O)c2cc(C#N)ccc2Cl)CC1. The molecule has 1 aliphatic heterocycles. The lowest BCUT2D eigenvalue weighted by atomic mass is 10.2. The summed E-state index contributed by atoms with van der Waals surface area (Å²) in [6.45, 7) is 5.45. The standard InChI is InChI=1S/C14H18ClN3O2S/c1-2-5-17-6-8-18(9-7-17)21(19,20)14-10-12(11-16)3-4-13(14)15/h3-4,10H,2,5-9H2,1H3. The minimum atomic E-state index is -3.64. The molecule has 1 saturated heterocycles. The molecule has 5 nitrogen and oxygen atoms in total. The summed E-state index contributed by atoms with van der Waals surface area (Å²) >= 11 is 6.01. The summed E-state index contributed by atoms with van der Waals surface area (Å²) in [5.41, 5.74) is 0.294. The molecule has 0 aromatic heterocycles. The Balaban J connectivity index is 2.22. The van der Waals surface area contributed by atoms with Crippen LogP contribution in [0, 0.1) is 11.3 Å². The Morgan fingerprint density at radius 3 is 2.52 bits per heavy atom. The zero-order chi connectivity index (χ0) is 15.5. The van der Waals surface area contributed by atoms with Gasteiger partial charge in [0.1, 0.15) is 4.90 Å². The van der Waals surface area contributed by atoms with E-state index in [4.69, 9.17) is 16.9 Å². The molecule has 0 spiro atoms. The third-order valence-corrected chi connectivity index (χ3v) is 5.93. The lowest BCUT2D eigenvalue weighted by Gasteiger charge is -2.33. The Labute approximate surface area is 130 Å². The molecule has 0 saturated carbocycles. The summed E-state index contributed by atoms with van der Waals surface area (Å²) in [4.78, 5) is 2.27. The van der Waals surface area contributed by atoms with E-state index in [1.54, 1.807) is 0 Å². The van der Waals surface area contributed by atoms with Gasteiger partial charge >= 0.3 is 0 Å². The van der Waals surface area contributed by atoms with Crippen LogP contribution in [0.15, 0.2) is 23.1 Å². The smallest absolute Gasteiger partial charge is 0.244 e. The number of sulfonamides is 1. The summed E-state index contributed by atoms with van der Waals surface area (Å²) in [5.74, 6) is 0. The van der Waals surface area contributed by atoms with Gasteiger partial charge < -0.3 is 4.90 Å². The number of hydrogen-bond donors (Lipinski definition) is 0. The van der Waals surface area contributed by atoms with Crippen molar-refractivity contribution in [2.75, 3.05) is 32.7 Å². The van der Waals surface area contributed by atoms with Crippen molar-refractivity contribution in [3.63, 3.8) is 0 Å². The molecule has 1 aliphatic rings. The number of hydrogen-bond acceptors (Lipinski definition) is 4. The van der Waals surface area contributed by atoms with Crippen LogP contribution in [0.5, 0.6) is 0 Å². The van der Waals surface area contributed by atoms with Gasteiger partial charge in [-0.3, -0.25) is 0 Å². The highest BCUT2D eigenvalue weighted by molar-refractivity contribution is 7.89. The van der Waals surface area contributed by atoms with E-state index in [1.807, 2.05) is 6.07 Å². The van der Waals surface area contributed by atoms with E-state index in [9.17, 15) is 8.42 Å². The van der Waals surface area contributed by atoms with E-state index in [2.05, 4.69) is 11.8 Å². The van der Waals surface area contributed by atoms with Crippen molar-refractivity contribution in [2.45, 2.75) is 18.2 Å². The van der Waals surface area contributed by atoms with Crippen LogP contribution in [0.3, 0.4) is 0 Å². The Kier molecular flexibility index (Phi) is 5.22. The Morgan fingerprint density at radius 1 is 1.29 bits per heavy atom. The van der Waals surface area contributed by atoms with Crippen LogP contribution in [0.1, 0.15) is 18.9 Å². The predicted octanol–water partition coefficient (Wildman–Crippen LogP) is 1.93. The second kappa shape index (κ2) is 6.75. The van der Waals surface area contributed by atoms with Crippen LogP contribution in [-0.2, 0) is 10.0 Å². The second-order valence-electron chi connectivity index (χ2n) is 5.00. The van der Waals surface area contributed by atoms with Crippen molar-refractivity contribution >= 4 is 21.6 Å². The first-order chi connectivity index (χ1) is 9.98. The van der Waals surface area contributed by atoms with Gasteiger partial charge in [-0.15, -0.1) is 0 Å². The fraction of sp³-hybridized carbons (Fsp3) is 0.500. The van der Waals surface area contributed by atoms with Gasteiger partial charge in [-0.25, -0.2) is 8.42 Å². The summed E-state index contributed by atoms with van der Waals surface area (Å²) in [6.07, 6.45) is 1.06.